The monoisotopic (exact) mass is 256 g/mol. The highest BCUT2D eigenvalue weighted by Crippen LogP contribution is 2.28. The number of hydrazine groups is 1. The Morgan fingerprint density at radius 3 is 2.64 bits per heavy atom. The lowest BCUT2D eigenvalue weighted by Gasteiger charge is -2.10. The van der Waals surface area contributed by atoms with E-state index < -0.39 is 0 Å². The van der Waals surface area contributed by atoms with Crippen LogP contribution in [-0.2, 0) is 0 Å². The van der Waals surface area contributed by atoms with Gasteiger partial charge in [-0.05, 0) is 34.1 Å². The molecule has 0 fully saturated rings. The summed E-state index contributed by atoms with van der Waals surface area (Å²) in [5.74, 6) is 6.84. The fraction of sp³-hybridized carbons (Fsp3) is 0.111. The average molecular weight is 257 g/mol. The predicted molar refractivity (Wildman–Crippen MR) is 54.3 cm³/mol. The Morgan fingerprint density at radius 1 is 1.29 bits per heavy atom. The first kappa shape index (κ1) is 9.51. The second-order valence-corrected chi connectivity index (χ2v) is 3.60. The standard InChI is InChI=1S/C9H9BrN2O2/c10-6-3-5-14-9(6)8(12-11)7-2-1-4-13-7/h1-5,8,12H,11H2. The Kier molecular flexibility index (Phi) is 2.72. The fourth-order valence-corrected chi connectivity index (χ4v) is 1.68. The summed E-state index contributed by atoms with van der Waals surface area (Å²) in [5.41, 5.74) is 2.63. The van der Waals surface area contributed by atoms with E-state index in [9.17, 15) is 0 Å². The van der Waals surface area contributed by atoms with Gasteiger partial charge in [-0.25, -0.2) is 5.43 Å². The lowest BCUT2D eigenvalue weighted by atomic mass is 10.2. The lowest BCUT2D eigenvalue weighted by Crippen LogP contribution is -2.28. The molecule has 1 unspecified atom stereocenters. The van der Waals surface area contributed by atoms with Gasteiger partial charge < -0.3 is 8.83 Å². The molecule has 2 rings (SSSR count). The van der Waals surface area contributed by atoms with Gasteiger partial charge in [0.1, 0.15) is 17.6 Å². The second kappa shape index (κ2) is 4.00. The quantitative estimate of drug-likeness (QED) is 0.653. The van der Waals surface area contributed by atoms with Gasteiger partial charge in [-0.3, -0.25) is 5.84 Å². The van der Waals surface area contributed by atoms with Crippen LogP contribution in [0.1, 0.15) is 17.6 Å². The van der Waals surface area contributed by atoms with Crippen LogP contribution in [0.5, 0.6) is 0 Å². The van der Waals surface area contributed by atoms with Crippen LogP contribution < -0.4 is 11.3 Å². The van der Waals surface area contributed by atoms with Crippen LogP contribution in [0, 0.1) is 0 Å². The second-order valence-electron chi connectivity index (χ2n) is 2.75. The molecule has 0 aliphatic heterocycles. The SMILES string of the molecule is NNC(c1ccco1)c1occc1Br. The zero-order valence-electron chi connectivity index (χ0n) is 7.24. The molecule has 2 aromatic heterocycles. The maximum atomic E-state index is 5.43. The molecule has 0 aliphatic carbocycles. The minimum atomic E-state index is -0.269. The molecule has 0 radical (unpaired) electrons. The number of furan rings is 2. The Bertz CT molecular complexity index is 397. The highest BCUT2D eigenvalue weighted by Gasteiger charge is 2.20. The molecule has 1 atom stereocenters. The molecule has 0 aliphatic rings. The van der Waals surface area contributed by atoms with Crippen LogP contribution in [-0.4, -0.2) is 0 Å². The number of halogens is 1. The average Bonchev–Trinajstić information content (AvgIpc) is 2.80. The minimum absolute atomic E-state index is 0.269. The summed E-state index contributed by atoms with van der Waals surface area (Å²) in [6.45, 7) is 0. The van der Waals surface area contributed by atoms with Crippen LogP contribution in [0.3, 0.4) is 0 Å². The highest BCUT2D eigenvalue weighted by atomic mass is 79.9. The van der Waals surface area contributed by atoms with Gasteiger partial charge in [0.15, 0.2) is 0 Å². The molecule has 0 saturated carbocycles. The van der Waals surface area contributed by atoms with Crippen molar-refractivity contribution in [3.63, 3.8) is 0 Å². The first-order chi connectivity index (χ1) is 6.83. The van der Waals surface area contributed by atoms with Crippen LogP contribution in [0.25, 0.3) is 0 Å². The Morgan fingerprint density at radius 2 is 2.14 bits per heavy atom. The van der Waals surface area contributed by atoms with E-state index in [1.165, 1.54) is 0 Å². The fourth-order valence-electron chi connectivity index (χ4n) is 1.25. The van der Waals surface area contributed by atoms with Crippen molar-refractivity contribution in [1.82, 2.24) is 5.43 Å². The number of hydrogen-bond donors (Lipinski definition) is 2. The number of rotatable bonds is 3. The lowest BCUT2D eigenvalue weighted by molar-refractivity contribution is 0.391. The van der Waals surface area contributed by atoms with Gasteiger partial charge in [0.25, 0.3) is 0 Å². The van der Waals surface area contributed by atoms with Gasteiger partial charge in [-0.1, -0.05) is 0 Å². The number of hydrogen-bond acceptors (Lipinski definition) is 4. The van der Waals surface area contributed by atoms with E-state index in [-0.39, 0.29) is 6.04 Å². The van der Waals surface area contributed by atoms with Crippen LogP contribution in [0.15, 0.2) is 44.0 Å². The van der Waals surface area contributed by atoms with Crippen molar-refractivity contribution in [3.05, 3.63) is 46.7 Å². The highest BCUT2D eigenvalue weighted by molar-refractivity contribution is 9.10. The Balaban J connectivity index is 2.36. The summed E-state index contributed by atoms with van der Waals surface area (Å²) in [6.07, 6.45) is 3.18. The molecule has 0 saturated heterocycles. The van der Waals surface area contributed by atoms with E-state index in [2.05, 4.69) is 21.4 Å². The van der Waals surface area contributed by atoms with Gasteiger partial charge in [-0.15, -0.1) is 0 Å². The summed E-state index contributed by atoms with van der Waals surface area (Å²) >= 11 is 3.36. The van der Waals surface area contributed by atoms with E-state index >= 15 is 0 Å². The zero-order valence-corrected chi connectivity index (χ0v) is 8.82. The molecule has 0 aromatic carbocycles. The molecular weight excluding hydrogens is 248 g/mol. The van der Waals surface area contributed by atoms with Crippen molar-refractivity contribution < 1.29 is 8.83 Å². The molecule has 5 heteroatoms. The Labute approximate surface area is 89.2 Å². The van der Waals surface area contributed by atoms with Gasteiger partial charge in [0, 0.05) is 0 Å². The maximum absolute atomic E-state index is 5.43. The smallest absolute Gasteiger partial charge is 0.143 e. The van der Waals surface area contributed by atoms with Crippen molar-refractivity contribution >= 4 is 15.9 Å². The maximum Gasteiger partial charge on any atom is 0.143 e. The van der Waals surface area contributed by atoms with E-state index in [1.54, 1.807) is 18.6 Å². The molecule has 0 bridgehead atoms. The van der Waals surface area contributed by atoms with Crippen molar-refractivity contribution in [3.8, 4) is 0 Å². The normalized spacial score (nSPS) is 13.0. The van der Waals surface area contributed by atoms with Gasteiger partial charge >= 0.3 is 0 Å². The van der Waals surface area contributed by atoms with Gasteiger partial charge in [0.2, 0.25) is 0 Å². The zero-order chi connectivity index (χ0) is 9.97. The van der Waals surface area contributed by atoms with Crippen molar-refractivity contribution in [2.75, 3.05) is 0 Å². The van der Waals surface area contributed by atoms with E-state index in [0.717, 1.165) is 4.47 Å². The number of nitrogens with two attached hydrogens (primary N) is 1. The van der Waals surface area contributed by atoms with Crippen LogP contribution in [0.4, 0.5) is 0 Å². The molecule has 0 spiro atoms. The molecule has 2 heterocycles. The summed E-state index contributed by atoms with van der Waals surface area (Å²) < 4.78 is 11.4. The Hall–Kier alpha value is -1.04. The summed E-state index contributed by atoms with van der Waals surface area (Å²) in [4.78, 5) is 0. The van der Waals surface area contributed by atoms with E-state index in [0.29, 0.717) is 11.5 Å². The number of nitrogens with one attached hydrogen (secondary N) is 1. The molecule has 2 aromatic rings. The summed E-state index contributed by atoms with van der Waals surface area (Å²) in [5, 5.41) is 0. The summed E-state index contributed by atoms with van der Waals surface area (Å²) in [7, 11) is 0. The first-order valence-corrected chi connectivity index (χ1v) is 4.84. The first-order valence-electron chi connectivity index (χ1n) is 4.05. The topological polar surface area (TPSA) is 64.3 Å². The van der Waals surface area contributed by atoms with Crippen molar-refractivity contribution in [1.29, 1.82) is 0 Å². The largest absolute Gasteiger partial charge is 0.467 e. The van der Waals surface area contributed by atoms with E-state index in [4.69, 9.17) is 14.7 Å². The van der Waals surface area contributed by atoms with Crippen molar-refractivity contribution in [2.24, 2.45) is 5.84 Å². The van der Waals surface area contributed by atoms with Crippen LogP contribution in [0.2, 0.25) is 0 Å². The molecule has 4 nitrogen and oxygen atoms in total. The minimum Gasteiger partial charge on any atom is -0.467 e. The van der Waals surface area contributed by atoms with Gasteiger partial charge in [-0.2, -0.15) is 0 Å². The summed E-state index contributed by atoms with van der Waals surface area (Å²) in [6, 6.07) is 5.17. The molecule has 14 heavy (non-hydrogen) atoms. The van der Waals surface area contributed by atoms with Crippen LogP contribution >= 0.6 is 15.9 Å². The van der Waals surface area contributed by atoms with Gasteiger partial charge in [0.05, 0.1) is 17.0 Å². The third-order valence-corrected chi connectivity index (χ3v) is 2.56. The third kappa shape index (κ3) is 1.61. The molecular formula is C9H9BrN2O2. The third-order valence-electron chi connectivity index (χ3n) is 1.90. The van der Waals surface area contributed by atoms with E-state index in [1.807, 2.05) is 12.1 Å². The predicted octanol–water partition coefficient (Wildman–Crippen LogP) is 2.19. The molecule has 74 valence electrons. The molecule has 0 amide bonds. The van der Waals surface area contributed by atoms with Crippen molar-refractivity contribution in [2.45, 2.75) is 6.04 Å². The molecule has 3 N–H and O–H groups in total.